The van der Waals surface area contributed by atoms with Crippen LogP contribution in [0.5, 0.6) is 0 Å². The largest absolute Gasteiger partial charge is 0.481 e. The Morgan fingerprint density at radius 1 is 1.09 bits per heavy atom. The Balaban J connectivity index is 1.57. The third-order valence-corrected chi connectivity index (χ3v) is 5.07. The molecular formula is C16H22N2O4. The van der Waals surface area contributed by atoms with Gasteiger partial charge in [0, 0.05) is 19.6 Å². The molecule has 0 aromatic heterocycles. The van der Waals surface area contributed by atoms with E-state index in [2.05, 4.69) is 5.32 Å². The molecule has 120 valence electrons. The van der Waals surface area contributed by atoms with Gasteiger partial charge < -0.3 is 15.3 Å². The number of carboxylic acids is 1. The van der Waals surface area contributed by atoms with E-state index in [1.54, 1.807) is 0 Å². The van der Waals surface area contributed by atoms with Crippen molar-refractivity contribution in [3.63, 3.8) is 0 Å². The molecule has 3 rings (SSSR count). The highest BCUT2D eigenvalue weighted by molar-refractivity contribution is 5.75. The van der Waals surface area contributed by atoms with Crippen LogP contribution in [0.15, 0.2) is 9.59 Å². The van der Waals surface area contributed by atoms with Crippen molar-refractivity contribution < 1.29 is 9.90 Å². The molecule has 1 heterocycles. The molecule has 0 atom stereocenters. The molecule has 1 aliphatic carbocycles. The first-order valence-electron chi connectivity index (χ1n) is 8.13. The van der Waals surface area contributed by atoms with E-state index < -0.39 is 11.4 Å². The molecule has 2 fully saturated rings. The van der Waals surface area contributed by atoms with Crippen molar-refractivity contribution in [2.45, 2.75) is 38.5 Å². The zero-order valence-electron chi connectivity index (χ0n) is 12.6. The van der Waals surface area contributed by atoms with Crippen LogP contribution < -0.4 is 21.1 Å². The fourth-order valence-corrected chi connectivity index (χ4v) is 3.65. The molecule has 22 heavy (non-hydrogen) atoms. The van der Waals surface area contributed by atoms with Gasteiger partial charge in [-0.1, -0.05) is 0 Å². The molecule has 1 aliphatic heterocycles. The van der Waals surface area contributed by atoms with Crippen LogP contribution in [0, 0.1) is 11.8 Å². The lowest BCUT2D eigenvalue weighted by Crippen LogP contribution is -2.42. The summed E-state index contributed by atoms with van der Waals surface area (Å²) in [6.07, 6.45) is 5.25. The van der Waals surface area contributed by atoms with E-state index in [0.29, 0.717) is 36.7 Å². The summed E-state index contributed by atoms with van der Waals surface area (Å²) in [6, 6.07) is 0. The van der Waals surface area contributed by atoms with Crippen molar-refractivity contribution in [1.29, 1.82) is 0 Å². The first-order valence-corrected chi connectivity index (χ1v) is 8.13. The molecule has 1 aromatic carbocycles. The Kier molecular flexibility index (Phi) is 4.18. The maximum absolute atomic E-state index is 11.8. The highest BCUT2D eigenvalue weighted by Gasteiger charge is 2.29. The van der Waals surface area contributed by atoms with Gasteiger partial charge >= 0.3 is 5.97 Å². The number of rotatable bonds is 5. The molecule has 1 aromatic rings. The lowest BCUT2D eigenvalue weighted by molar-refractivity contribution is -0.143. The van der Waals surface area contributed by atoms with E-state index in [0.717, 1.165) is 38.8 Å². The third kappa shape index (κ3) is 2.74. The van der Waals surface area contributed by atoms with Gasteiger partial charge in [0.05, 0.1) is 5.92 Å². The Hall–Kier alpha value is -1.85. The lowest BCUT2D eigenvalue weighted by Gasteiger charge is -2.28. The van der Waals surface area contributed by atoms with Crippen molar-refractivity contribution >= 4 is 17.3 Å². The quantitative estimate of drug-likeness (QED) is 0.795. The molecule has 1 saturated carbocycles. The Bertz CT molecular complexity index is 618. The predicted octanol–water partition coefficient (Wildman–Crippen LogP) is 1.19. The summed E-state index contributed by atoms with van der Waals surface area (Å²) in [7, 11) is 0. The summed E-state index contributed by atoms with van der Waals surface area (Å²) < 4.78 is 0. The Morgan fingerprint density at radius 2 is 1.73 bits per heavy atom. The second-order valence-corrected chi connectivity index (χ2v) is 6.51. The Morgan fingerprint density at radius 3 is 2.32 bits per heavy atom. The average molecular weight is 306 g/mol. The summed E-state index contributed by atoms with van der Waals surface area (Å²) in [4.78, 5) is 36.5. The summed E-state index contributed by atoms with van der Waals surface area (Å²) in [5, 5.41) is 12.2. The summed E-state index contributed by atoms with van der Waals surface area (Å²) >= 11 is 0. The van der Waals surface area contributed by atoms with Crippen LogP contribution in [0.2, 0.25) is 0 Å². The van der Waals surface area contributed by atoms with Gasteiger partial charge in [-0.3, -0.25) is 14.4 Å². The molecule has 0 unspecified atom stereocenters. The number of nitrogens with zero attached hydrogens (tertiary/aromatic N) is 1. The maximum Gasteiger partial charge on any atom is 0.306 e. The topological polar surface area (TPSA) is 86.7 Å². The maximum atomic E-state index is 11.8. The molecule has 2 aliphatic rings. The second-order valence-electron chi connectivity index (χ2n) is 6.51. The van der Waals surface area contributed by atoms with Gasteiger partial charge in [0.25, 0.3) is 10.9 Å². The molecular weight excluding hydrogens is 284 g/mol. The molecule has 6 nitrogen and oxygen atoms in total. The van der Waals surface area contributed by atoms with E-state index in [-0.39, 0.29) is 11.3 Å². The van der Waals surface area contributed by atoms with Crippen LogP contribution in [0.25, 0.3) is 0 Å². The van der Waals surface area contributed by atoms with Crippen LogP contribution in [0.1, 0.15) is 38.5 Å². The van der Waals surface area contributed by atoms with Gasteiger partial charge in [-0.15, -0.1) is 0 Å². The zero-order chi connectivity index (χ0) is 15.7. The molecule has 6 heteroatoms. The van der Waals surface area contributed by atoms with Crippen molar-refractivity contribution in [2.24, 2.45) is 11.8 Å². The minimum Gasteiger partial charge on any atom is -0.481 e. The van der Waals surface area contributed by atoms with Crippen LogP contribution in [0.4, 0.5) is 11.4 Å². The average Bonchev–Trinajstić information content (AvgIpc) is 3.04. The summed E-state index contributed by atoms with van der Waals surface area (Å²) in [5.41, 5.74) is 0.286. The first kappa shape index (κ1) is 15.1. The van der Waals surface area contributed by atoms with Gasteiger partial charge in [0.1, 0.15) is 11.4 Å². The van der Waals surface area contributed by atoms with E-state index >= 15 is 0 Å². The number of hydrogen-bond acceptors (Lipinski definition) is 5. The lowest BCUT2D eigenvalue weighted by atomic mass is 9.82. The predicted molar refractivity (Wildman–Crippen MR) is 84.4 cm³/mol. The number of aliphatic carboxylic acids is 1. The fraction of sp³-hybridized carbons (Fsp3) is 0.688. The molecule has 2 N–H and O–H groups in total. The monoisotopic (exact) mass is 306 g/mol. The smallest absolute Gasteiger partial charge is 0.306 e. The number of carboxylic acid groups (broad SMARTS) is 1. The van der Waals surface area contributed by atoms with E-state index in [4.69, 9.17) is 5.11 Å². The highest BCUT2D eigenvalue weighted by Crippen LogP contribution is 2.30. The SMILES string of the molecule is O=C(O)C1CCC(CNc2c(N3CCCC3)c(=O)c2=O)CC1. The van der Waals surface area contributed by atoms with Crippen LogP contribution in [0.3, 0.4) is 0 Å². The van der Waals surface area contributed by atoms with E-state index in [1.165, 1.54) is 0 Å². The van der Waals surface area contributed by atoms with Crippen molar-refractivity contribution in [2.75, 3.05) is 29.9 Å². The molecule has 0 bridgehead atoms. The second kappa shape index (κ2) is 6.10. The van der Waals surface area contributed by atoms with E-state index in [1.807, 2.05) is 4.90 Å². The van der Waals surface area contributed by atoms with Gasteiger partial charge in [-0.2, -0.15) is 0 Å². The first-order chi connectivity index (χ1) is 10.6. The van der Waals surface area contributed by atoms with Crippen molar-refractivity contribution in [3.8, 4) is 0 Å². The van der Waals surface area contributed by atoms with Gasteiger partial charge in [0.2, 0.25) is 0 Å². The van der Waals surface area contributed by atoms with Crippen LogP contribution in [-0.2, 0) is 4.79 Å². The Labute approximate surface area is 128 Å². The summed E-state index contributed by atoms with van der Waals surface area (Å²) in [5.74, 6) is -0.542. The standard InChI is InChI=1S/C16H22N2O4/c19-14-12(13(15(14)20)18-7-1-2-8-18)17-9-10-3-5-11(6-4-10)16(21)22/h10-11,17H,1-9H2,(H,21,22). The van der Waals surface area contributed by atoms with Crippen molar-refractivity contribution in [1.82, 2.24) is 0 Å². The number of carbonyl (C=O) groups is 1. The van der Waals surface area contributed by atoms with E-state index in [9.17, 15) is 14.4 Å². The molecule has 0 amide bonds. The minimum atomic E-state index is -0.704. The normalized spacial score (nSPS) is 25.5. The van der Waals surface area contributed by atoms with Gasteiger partial charge in [0.15, 0.2) is 0 Å². The molecule has 0 radical (unpaired) electrons. The van der Waals surface area contributed by atoms with Gasteiger partial charge in [-0.25, -0.2) is 0 Å². The zero-order valence-corrected chi connectivity index (χ0v) is 12.6. The minimum absolute atomic E-state index is 0.220. The molecule has 0 spiro atoms. The number of nitrogens with one attached hydrogen (secondary N) is 1. The molecule has 1 saturated heterocycles. The highest BCUT2D eigenvalue weighted by atomic mass is 16.4. The fourth-order valence-electron chi connectivity index (χ4n) is 3.65. The van der Waals surface area contributed by atoms with Crippen LogP contribution in [-0.4, -0.2) is 30.7 Å². The number of anilines is 2. The van der Waals surface area contributed by atoms with Crippen molar-refractivity contribution in [3.05, 3.63) is 20.4 Å². The third-order valence-electron chi connectivity index (χ3n) is 5.07. The number of hydrogen-bond donors (Lipinski definition) is 2. The summed E-state index contributed by atoms with van der Waals surface area (Å²) in [6.45, 7) is 2.35. The van der Waals surface area contributed by atoms with Gasteiger partial charge in [-0.05, 0) is 44.4 Å². The van der Waals surface area contributed by atoms with Crippen LogP contribution >= 0.6 is 0 Å².